The first-order valence-corrected chi connectivity index (χ1v) is 7.36. The predicted molar refractivity (Wildman–Crippen MR) is 74.2 cm³/mol. The van der Waals surface area contributed by atoms with Crippen LogP contribution in [0.2, 0.25) is 0 Å². The second-order valence-corrected chi connectivity index (χ2v) is 5.75. The van der Waals surface area contributed by atoms with Gasteiger partial charge in [-0.05, 0) is 32.0 Å². The Labute approximate surface area is 112 Å². The first-order valence-electron chi connectivity index (χ1n) is 6.04. The molecule has 3 nitrogen and oxygen atoms in total. The van der Waals surface area contributed by atoms with Crippen molar-refractivity contribution in [3.63, 3.8) is 0 Å². The number of likely N-dealkylation sites (tertiary alicyclic amines) is 1. The standard InChI is InChI=1S/C12H18N2OS2/c15-12(11-8-10(16)9-17-11)13-4-7-14-5-2-1-3-6-14/h8-9,16H,1-7H2,(H,13,15). The van der Waals surface area contributed by atoms with Crippen molar-refractivity contribution < 1.29 is 4.79 Å². The van der Waals surface area contributed by atoms with Crippen LogP contribution in [0.25, 0.3) is 0 Å². The normalized spacial score (nSPS) is 17.0. The van der Waals surface area contributed by atoms with Gasteiger partial charge >= 0.3 is 0 Å². The number of carbonyl (C=O) groups excluding carboxylic acids is 1. The lowest BCUT2D eigenvalue weighted by atomic mass is 10.1. The van der Waals surface area contributed by atoms with Crippen molar-refractivity contribution in [2.45, 2.75) is 24.2 Å². The van der Waals surface area contributed by atoms with Crippen LogP contribution in [0.5, 0.6) is 0 Å². The molecule has 1 aromatic heterocycles. The lowest BCUT2D eigenvalue weighted by molar-refractivity contribution is 0.0950. The van der Waals surface area contributed by atoms with Crippen molar-refractivity contribution in [2.24, 2.45) is 0 Å². The third-order valence-electron chi connectivity index (χ3n) is 2.97. The van der Waals surface area contributed by atoms with Gasteiger partial charge in [0.1, 0.15) is 0 Å². The van der Waals surface area contributed by atoms with E-state index in [2.05, 4.69) is 22.8 Å². The molecule has 1 aliphatic heterocycles. The van der Waals surface area contributed by atoms with E-state index in [1.54, 1.807) is 0 Å². The minimum atomic E-state index is 0.0207. The van der Waals surface area contributed by atoms with Gasteiger partial charge in [-0.15, -0.1) is 24.0 Å². The van der Waals surface area contributed by atoms with Crippen molar-refractivity contribution in [2.75, 3.05) is 26.2 Å². The Hall–Kier alpha value is -0.520. The van der Waals surface area contributed by atoms with E-state index in [0.717, 1.165) is 22.9 Å². The fraction of sp³-hybridized carbons (Fsp3) is 0.583. The summed E-state index contributed by atoms with van der Waals surface area (Å²) in [6.07, 6.45) is 3.94. The predicted octanol–water partition coefficient (Wildman–Crippen LogP) is 2.25. The van der Waals surface area contributed by atoms with E-state index in [0.29, 0.717) is 0 Å². The average Bonchev–Trinajstić information content (AvgIpc) is 2.77. The van der Waals surface area contributed by atoms with Gasteiger partial charge in [0.05, 0.1) is 4.88 Å². The van der Waals surface area contributed by atoms with Gasteiger partial charge in [-0.25, -0.2) is 0 Å². The fourth-order valence-electron chi connectivity index (χ4n) is 2.04. The third-order valence-corrected chi connectivity index (χ3v) is 4.33. The van der Waals surface area contributed by atoms with Crippen LogP contribution in [0, 0.1) is 0 Å². The zero-order valence-electron chi connectivity index (χ0n) is 9.82. The summed E-state index contributed by atoms with van der Waals surface area (Å²) < 4.78 is 0. The lowest BCUT2D eigenvalue weighted by Gasteiger charge is -2.26. The summed E-state index contributed by atoms with van der Waals surface area (Å²) >= 11 is 5.64. The van der Waals surface area contributed by atoms with E-state index < -0.39 is 0 Å². The van der Waals surface area contributed by atoms with Gasteiger partial charge in [-0.3, -0.25) is 4.79 Å². The SMILES string of the molecule is O=C(NCCN1CCCCC1)c1cc(S)cs1. The fourth-order valence-corrected chi connectivity index (χ4v) is 3.11. The molecule has 0 saturated carbocycles. The maximum Gasteiger partial charge on any atom is 0.261 e. The molecule has 0 unspecified atom stereocenters. The molecule has 1 fully saturated rings. The number of nitrogens with one attached hydrogen (secondary N) is 1. The molecule has 0 spiro atoms. The molecule has 17 heavy (non-hydrogen) atoms. The van der Waals surface area contributed by atoms with Gasteiger partial charge in [0.15, 0.2) is 0 Å². The molecular weight excluding hydrogens is 252 g/mol. The third kappa shape index (κ3) is 4.01. The number of carbonyl (C=O) groups is 1. The highest BCUT2D eigenvalue weighted by atomic mass is 32.1. The highest BCUT2D eigenvalue weighted by molar-refractivity contribution is 7.80. The summed E-state index contributed by atoms with van der Waals surface area (Å²) in [5, 5.41) is 4.83. The van der Waals surface area contributed by atoms with Gasteiger partial charge in [0.25, 0.3) is 5.91 Å². The van der Waals surface area contributed by atoms with E-state index >= 15 is 0 Å². The van der Waals surface area contributed by atoms with Crippen LogP contribution in [-0.2, 0) is 0 Å². The molecule has 2 rings (SSSR count). The van der Waals surface area contributed by atoms with Crippen LogP contribution in [0.4, 0.5) is 0 Å². The van der Waals surface area contributed by atoms with Gasteiger partial charge < -0.3 is 10.2 Å². The number of thiophene rings is 1. The zero-order valence-corrected chi connectivity index (χ0v) is 11.5. The quantitative estimate of drug-likeness (QED) is 0.823. The Bertz CT molecular complexity index is 372. The van der Waals surface area contributed by atoms with E-state index in [9.17, 15) is 4.79 Å². The first-order chi connectivity index (χ1) is 8.25. The van der Waals surface area contributed by atoms with Crippen LogP contribution >= 0.6 is 24.0 Å². The topological polar surface area (TPSA) is 32.3 Å². The van der Waals surface area contributed by atoms with E-state index in [4.69, 9.17) is 0 Å². The molecule has 2 heterocycles. The van der Waals surface area contributed by atoms with Gasteiger partial charge in [0.2, 0.25) is 0 Å². The van der Waals surface area contributed by atoms with E-state index in [-0.39, 0.29) is 5.91 Å². The molecule has 1 aromatic rings. The maximum atomic E-state index is 11.7. The molecule has 0 aromatic carbocycles. The number of thiol groups is 1. The van der Waals surface area contributed by atoms with E-state index in [1.165, 1.54) is 43.7 Å². The Morgan fingerprint density at radius 2 is 2.18 bits per heavy atom. The van der Waals surface area contributed by atoms with Gasteiger partial charge in [-0.1, -0.05) is 6.42 Å². The molecule has 1 N–H and O–H groups in total. The van der Waals surface area contributed by atoms with Crippen LogP contribution in [0.3, 0.4) is 0 Å². The minimum absolute atomic E-state index is 0.0207. The molecule has 0 aliphatic carbocycles. The molecular formula is C12H18N2OS2. The summed E-state index contributed by atoms with van der Waals surface area (Å²) in [6, 6.07) is 1.81. The highest BCUT2D eigenvalue weighted by Crippen LogP contribution is 2.17. The largest absolute Gasteiger partial charge is 0.350 e. The second-order valence-electron chi connectivity index (χ2n) is 4.33. The molecule has 5 heteroatoms. The number of amides is 1. The number of hydrogen-bond acceptors (Lipinski definition) is 4. The summed E-state index contributed by atoms with van der Waals surface area (Å²) in [5.41, 5.74) is 0. The Kier molecular flexibility index (Phi) is 4.88. The zero-order chi connectivity index (χ0) is 12.1. The Balaban J connectivity index is 1.69. The van der Waals surface area contributed by atoms with Crippen LogP contribution in [-0.4, -0.2) is 37.0 Å². The van der Waals surface area contributed by atoms with E-state index in [1.807, 2.05) is 11.4 Å². The van der Waals surface area contributed by atoms with Crippen molar-refractivity contribution >= 4 is 29.9 Å². The van der Waals surface area contributed by atoms with Gasteiger partial charge in [0, 0.05) is 23.4 Å². The van der Waals surface area contributed by atoms with Crippen molar-refractivity contribution in [3.05, 3.63) is 16.3 Å². The van der Waals surface area contributed by atoms with Crippen molar-refractivity contribution in [1.82, 2.24) is 10.2 Å². The van der Waals surface area contributed by atoms with Crippen molar-refractivity contribution in [1.29, 1.82) is 0 Å². The Morgan fingerprint density at radius 3 is 2.82 bits per heavy atom. The summed E-state index contributed by atoms with van der Waals surface area (Å²) in [5.74, 6) is 0.0207. The minimum Gasteiger partial charge on any atom is -0.350 e. The molecule has 0 radical (unpaired) electrons. The highest BCUT2D eigenvalue weighted by Gasteiger charge is 2.11. The summed E-state index contributed by atoms with van der Waals surface area (Å²) in [7, 11) is 0. The monoisotopic (exact) mass is 270 g/mol. The smallest absolute Gasteiger partial charge is 0.261 e. The molecule has 1 amide bonds. The molecule has 0 bridgehead atoms. The number of rotatable bonds is 4. The Morgan fingerprint density at radius 1 is 1.41 bits per heavy atom. The van der Waals surface area contributed by atoms with Gasteiger partial charge in [-0.2, -0.15) is 0 Å². The van der Waals surface area contributed by atoms with Crippen LogP contribution < -0.4 is 5.32 Å². The molecule has 1 aliphatic rings. The average molecular weight is 270 g/mol. The lowest BCUT2D eigenvalue weighted by Crippen LogP contribution is -2.37. The van der Waals surface area contributed by atoms with Crippen LogP contribution in [0.1, 0.15) is 28.9 Å². The number of piperidine rings is 1. The number of nitrogens with zero attached hydrogens (tertiary/aromatic N) is 1. The summed E-state index contributed by atoms with van der Waals surface area (Å²) in [4.78, 5) is 15.8. The molecule has 1 saturated heterocycles. The first kappa shape index (κ1) is 12.9. The molecule has 0 atom stereocenters. The maximum absolute atomic E-state index is 11.7. The molecule has 94 valence electrons. The number of hydrogen-bond donors (Lipinski definition) is 2. The second kappa shape index (κ2) is 6.42. The van der Waals surface area contributed by atoms with Crippen molar-refractivity contribution in [3.8, 4) is 0 Å². The summed E-state index contributed by atoms with van der Waals surface area (Å²) in [6.45, 7) is 4.05. The van der Waals surface area contributed by atoms with Crippen LogP contribution in [0.15, 0.2) is 16.3 Å².